The van der Waals surface area contributed by atoms with Gasteiger partial charge in [0.1, 0.15) is 17.1 Å². The minimum absolute atomic E-state index is 0.00562. The molecule has 0 saturated heterocycles. The van der Waals surface area contributed by atoms with Crippen LogP contribution in [0.25, 0.3) is 0 Å². The third-order valence-electron chi connectivity index (χ3n) is 2.53. The van der Waals surface area contributed by atoms with Gasteiger partial charge in [0.15, 0.2) is 0 Å². The predicted octanol–water partition coefficient (Wildman–Crippen LogP) is -0.767. The van der Waals surface area contributed by atoms with Crippen molar-refractivity contribution in [2.75, 3.05) is 0 Å². The molecule has 1 aliphatic heterocycles. The Morgan fingerprint density at radius 1 is 1.29 bits per heavy atom. The summed E-state index contributed by atoms with van der Waals surface area (Å²) in [5.41, 5.74) is 4.43. The molecule has 17 heavy (non-hydrogen) atoms. The van der Waals surface area contributed by atoms with E-state index >= 15 is 0 Å². The Kier molecular flexibility index (Phi) is 2.55. The van der Waals surface area contributed by atoms with Crippen LogP contribution in [-0.4, -0.2) is 32.7 Å². The van der Waals surface area contributed by atoms with Crippen molar-refractivity contribution >= 4 is 11.8 Å². The van der Waals surface area contributed by atoms with Crippen LogP contribution < -0.4 is 11.3 Å². The first-order valence-corrected chi connectivity index (χ1v) is 5.18. The number of aromatic nitrogens is 2. The number of carbonyl (C=O) groups excluding carboxylic acids is 2. The molecule has 0 saturated carbocycles. The van der Waals surface area contributed by atoms with Gasteiger partial charge >= 0.3 is 0 Å². The van der Waals surface area contributed by atoms with Crippen LogP contribution in [0.5, 0.6) is 0 Å². The summed E-state index contributed by atoms with van der Waals surface area (Å²) in [6, 6.07) is -0.315. The van der Waals surface area contributed by atoms with Crippen LogP contribution in [0.15, 0.2) is 4.79 Å². The molecule has 0 spiro atoms. The maximum Gasteiger partial charge on any atom is 0.280 e. The highest BCUT2D eigenvalue weighted by Gasteiger charge is 2.41. The first-order valence-electron chi connectivity index (χ1n) is 5.18. The van der Waals surface area contributed by atoms with Gasteiger partial charge in [-0.15, -0.1) is 0 Å². The minimum Gasteiger partial charge on any atom is -0.324 e. The maximum absolute atomic E-state index is 11.9. The summed E-state index contributed by atoms with van der Waals surface area (Å²) in [4.78, 5) is 42.8. The SMILES string of the molecule is CC(C)N1C(=O)c2nc(CN)[nH]c(=O)c2C1=O. The largest absolute Gasteiger partial charge is 0.324 e. The third-order valence-corrected chi connectivity index (χ3v) is 2.53. The van der Waals surface area contributed by atoms with E-state index in [-0.39, 0.29) is 29.7 Å². The fourth-order valence-corrected chi connectivity index (χ4v) is 1.77. The summed E-state index contributed by atoms with van der Waals surface area (Å²) >= 11 is 0. The Hall–Kier alpha value is -2.02. The van der Waals surface area contributed by atoms with E-state index in [2.05, 4.69) is 9.97 Å². The molecule has 2 heterocycles. The first-order chi connectivity index (χ1) is 7.97. The lowest BCUT2D eigenvalue weighted by atomic mass is 10.2. The standard InChI is InChI=1S/C10H12N4O3/c1-4(2)14-9(16)6-7(10(14)17)12-5(3-11)13-8(6)15/h4H,3,11H2,1-2H3,(H,12,13,15). The number of nitrogens with one attached hydrogen (secondary N) is 1. The zero-order valence-electron chi connectivity index (χ0n) is 9.48. The number of H-pyrrole nitrogens is 1. The van der Waals surface area contributed by atoms with Gasteiger partial charge in [-0.3, -0.25) is 19.3 Å². The van der Waals surface area contributed by atoms with E-state index in [0.717, 1.165) is 4.90 Å². The van der Waals surface area contributed by atoms with Crippen LogP contribution in [0.2, 0.25) is 0 Å². The summed E-state index contributed by atoms with van der Waals surface area (Å²) in [5, 5.41) is 0. The minimum atomic E-state index is -0.614. The van der Waals surface area contributed by atoms with E-state index in [9.17, 15) is 14.4 Å². The van der Waals surface area contributed by atoms with E-state index < -0.39 is 17.4 Å². The van der Waals surface area contributed by atoms with Crippen molar-refractivity contribution in [1.29, 1.82) is 0 Å². The topological polar surface area (TPSA) is 109 Å². The van der Waals surface area contributed by atoms with E-state index in [1.807, 2.05) is 0 Å². The van der Waals surface area contributed by atoms with Gasteiger partial charge in [0.2, 0.25) is 0 Å². The molecule has 0 aliphatic carbocycles. The van der Waals surface area contributed by atoms with Gasteiger partial charge in [0, 0.05) is 6.04 Å². The Bertz CT molecular complexity index is 561. The molecule has 0 atom stereocenters. The normalized spacial score (nSPS) is 14.7. The quantitative estimate of drug-likeness (QED) is 0.655. The summed E-state index contributed by atoms with van der Waals surface area (Å²) in [6.45, 7) is 3.39. The van der Waals surface area contributed by atoms with Crippen LogP contribution in [0.1, 0.15) is 40.5 Å². The summed E-state index contributed by atoms with van der Waals surface area (Å²) in [6.07, 6.45) is 0. The van der Waals surface area contributed by atoms with Crippen molar-refractivity contribution < 1.29 is 9.59 Å². The Labute approximate surface area is 96.6 Å². The van der Waals surface area contributed by atoms with E-state index in [4.69, 9.17) is 5.73 Å². The Balaban J connectivity index is 2.66. The van der Waals surface area contributed by atoms with Crippen molar-refractivity contribution in [3.05, 3.63) is 27.4 Å². The van der Waals surface area contributed by atoms with Gasteiger partial charge < -0.3 is 10.7 Å². The lowest BCUT2D eigenvalue weighted by Crippen LogP contribution is -2.36. The molecular weight excluding hydrogens is 224 g/mol. The highest BCUT2D eigenvalue weighted by atomic mass is 16.2. The highest BCUT2D eigenvalue weighted by molar-refractivity contribution is 6.20. The molecular formula is C10H12N4O3. The molecule has 0 aromatic carbocycles. The van der Waals surface area contributed by atoms with Crippen molar-refractivity contribution in [3.8, 4) is 0 Å². The number of hydrogen-bond acceptors (Lipinski definition) is 5. The van der Waals surface area contributed by atoms with E-state index in [1.165, 1.54) is 0 Å². The number of amides is 2. The van der Waals surface area contributed by atoms with Gasteiger partial charge in [-0.05, 0) is 13.8 Å². The average molecular weight is 236 g/mol. The first kappa shape index (κ1) is 11.5. The highest BCUT2D eigenvalue weighted by Crippen LogP contribution is 2.19. The number of fused-ring (bicyclic) bond motifs is 1. The smallest absolute Gasteiger partial charge is 0.280 e. The van der Waals surface area contributed by atoms with Crippen LogP contribution in [0.3, 0.4) is 0 Å². The molecule has 7 nitrogen and oxygen atoms in total. The summed E-state index contributed by atoms with van der Waals surface area (Å²) < 4.78 is 0. The lowest BCUT2D eigenvalue weighted by Gasteiger charge is -2.17. The molecule has 90 valence electrons. The molecule has 1 aromatic rings. The van der Waals surface area contributed by atoms with Crippen molar-refractivity contribution in [2.45, 2.75) is 26.4 Å². The lowest BCUT2D eigenvalue weighted by molar-refractivity contribution is 0.0606. The van der Waals surface area contributed by atoms with E-state index in [1.54, 1.807) is 13.8 Å². The third kappa shape index (κ3) is 1.55. The molecule has 2 amide bonds. The van der Waals surface area contributed by atoms with Gasteiger partial charge in [-0.1, -0.05) is 0 Å². The van der Waals surface area contributed by atoms with Gasteiger partial charge in [-0.2, -0.15) is 0 Å². The molecule has 7 heteroatoms. The molecule has 0 bridgehead atoms. The van der Waals surface area contributed by atoms with Gasteiger partial charge in [0.05, 0.1) is 6.54 Å². The molecule has 0 radical (unpaired) electrons. The van der Waals surface area contributed by atoms with Crippen LogP contribution >= 0.6 is 0 Å². The number of rotatable bonds is 2. The second kappa shape index (κ2) is 3.77. The number of carbonyl (C=O) groups is 2. The zero-order chi connectivity index (χ0) is 12.7. The fourth-order valence-electron chi connectivity index (χ4n) is 1.77. The van der Waals surface area contributed by atoms with Crippen molar-refractivity contribution in [3.63, 3.8) is 0 Å². The number of nitrogens with zero attached hydrogens (tertiary/aromatic N) is 2. The summed E-state index contributed by atoms with van der Waals surface area (Å²) in [7, 11) is 0. The maximum atomic E-state index is 11.9. The second-order valence-electron chi connectivity index (χ2n) is 4.01. The molecule has 0 unspecified atom stereocenters. The van der Waals surface area contributed by atoms with Crippen LogP contribution in [-0.2, 0) is 6.54 Å². The van der Waals surface area contributed by atoms with Gasteiger partial charge in [0.25, 0.3) is 17.4 Å². The zero-order valence-corrected chi connectivity index (χ0v) is 9.48. The van der Waals surface area contributed by atoms with Crippen molar-refractivity contribution in [2.24, 2.45) is 5.73 Å². The van der Waals surface area contributed by atoms with Crippen LogP contribution in [0.4, 0.5) is 0 Å². The van der Waals surface area contributed by atoms with Crippen LogP contribution in [0, 0.1) is 0 Å². The van der Waals surface area contributed by atoms with Gasteiger partial charge in [-0.25, -0.2) is 4.98 Å². The number of aromatic amines is 1. The molecule has 1 aliphatic rings. The van der Waals surface area contributed by atoms with E-state index in [0.29, 0.717) is 0 Å². The predicted molar refractivity (Wildman–Crippen MR) is 58.4 cm³/mol. The summed E-state index contributed by atoms with van der Waals surface area (Å²) in [5.74, 6) is -0.946. The average Bonchev–Trinajstić information content (AvgIpc) is 2.51. The number of nitrogens with two attached hydrogens (primary N) is 1. The molecule has 1 aromatic heterocycles. The number of hydrogen-bond donors (Lipinski definition) is 2. The molecule has 0 fully saturated rings. The molecule has 3 N–H and O–H groups in total. The fraction of sp³-hybridized carbons (Fsp3) is 0.400. The second-order valence-corrected chi connectivity index (χ2v) is 4.01. The number of imide groups is 1. The Morgan fingerprint density at radius 2 is 1.94 bits per heavy atom. The Morgan fingerprint density at radius 3 is 2.47 bits per heavy atom. The monoisotopic (exact) mass is 236 g/mol. The molecule has 2 rings (SSSR count). The van der Waals surface area contributed by atoms with Crippen molar-refractivity contribution in [1.82, 2.24) is 14.9 Å².